The quantitative estimate of drug-likeness (QED) is 0.657. The molecule has 2 aromatic carbocycles. The van der Waals surface area contributed by atoms with E-state index in [2.05, 4.69) is 4.98 Å². The van der Waals surface area contributed by atoms with Gasteiger partial charge in [-0.1, -0.05) is 18.2 Å². The molecule has 0 fully saturated rings. The van der Waals surface area contributed by atoms with Gasteiger partial charge in [0.25, 0.3) is 0 Å². The number of rotatable bonds is 6. The zero-order chi connectivity index (χ0) is 20.3. The van der Waals surface area contributed by atoms with Crippen LogP contribution in [0.15, 0.2) is 42.5 Å². The van der Waals surface area contributed by atoms with Crippen molar-refractivity contribution >= 4 is 16.9 Å². The SMILES string of the molecule is CCOC(=O)c1c(C[NH2+][C@@H](C)c2ccc(F)cc2F)nc2ccccc2c1C. The number of para-hydroxylation sites is 1. The van der Waals surface area contributed by atoms with Crippen LogP contribution in [0.5, 0.6) is 0 Å². The number of carbonyl (C=O) groups is 1. The van der Waals surface area contributed by atoms with Crippen molar-refractivity contribution in [3.05, 3.63) is 76.5 Å². The minimum Gasteiger partial charge on any atom is -0.462 e. The molecule has 0 aliphatic rings. The van der Waals surface area contributed by atoms with Crippen molar-refractivity contribution in [1.82, 2.24) is 4.98 Å². The molecular formula is C22H23F2N2O2+. The summed E-state index contributed by atoms with van der Waals surface area (Å²) in [6.07, 6.45) is 0. The van der Waals surface area contributed by atoms with E-state index in [1.165, 1.54) is 12.1 Å². The maximum atomic E-state index is 14.1. The second-order valence-corrected chi connectivity index (χ2v) is 6.69. The molecule has 1 atom stereocenters. The Kier molecular flexibility index (Phi) is 5.99. The molecule has 4 nitrogen and oxygen atoms in total. The van der Waals surface area contributed by atoms with Gasteiger partial charge >= 0.3 is 5.97 Å². The molecule has 0 bridgehead atoms. The fourth-order valence-electron chi connectivity index (χ4n) is 3.35. The third-order valence-corrected chi connectivity index (χ3v) is 4.82. The number of hydrogen-bond acceptors (Lipinski definition) is 3. The molecule has 0 spiro atoms. The van der Waals surface area contributed by atoms with Crippen LogP contribution >= 0.6 is 0 Å². The summed E-state index contributed by atoms with van der Waals surface area (Å²) in [5.74, 6) is -1.61. The molecule has 1 heterocycles. The Bertz CT molecular complexity index is 1020. The second-order valence-electron chi connectivity index (χ2n) is 6.69. The van der Waals surface area contributed by atoms with Crippen LogP contribution in [0.4, 0.5) is 8.78 Å². The van der Waals surface area contributed by atoms with E-state index >= 15 is 0 Å². The Labute approximate surface area is 162 Å². The number of pyridine rings is 1. The Hall–Kier alpha value is -2.86. The number of halogens is 2. The third kappa shape index (κ3) is 4.02. The Morgan fingerprint density at radius 2 is 1.96 bits per heavy atom. The van der Waals surface area contributed by atoms with Crippen molar-refractivity contribution in [2.24, 2.45) is 0 Å². The number of aromatic nitrogens is 1. The first kappa shape index (κ1) is 19.9. The van der Waals surface area contributed by atoms with Crippen molar-refractivity contribution in [3.63, 3.8) is 0 Å². The van der Waals surface area contributed by atoms with Crippen molar-refractivity contribution in [2.75, 3.05) is 6.61 Å². The molecule has 0 aliphatic heterocycles. The van der Waals surface area contributed by atoms with Crippen LogP contribution in [0, 0.1) is 18.6 Å². The summed E-state index contributed by atoms with van der Waals surface area (Å²) in [6, 6.07) is 10.9. The van der Waals surface area contributed by atoms with Crippen molar-refractivity contribution in [1.29, 1.82) is 0 Å². The number of nitrogens with two attached hydrogens (primary N) is 1. The molecule has 0 unspecified atom stereocenters. The smallest absolute Gasteiger partial charge is 0.340 e. The standard InChI is InChI=1S/C22H22F2N2O2/c1-4-28-22(27)21-13(2)16-7-5-6-8-19(16)26-20(21)12-25-14(3)17-10-9-15(23)11-18(17)24/h5-11,14,25H,4,12H2,1-3H3/p+1/t14-/m0/s1. The van der Waals surface area contributed by atoms with Crippen LogP contribution in [-0.4, -0.2) is 17.6 Å². The van der Waals surface area contributed by atoms with E-state index in [0.717, 1.165) is 22.5 Å². The van der Waals surface area contributed by atoms with E-state index in [4.69, 9.17) is 4.74 Å². The maximum Gasteiger partial charge on any atom is 0.340 e. The van der Waals surface area contributed by atoms with Gasteiger partial charge in [0.2, 0.25) is 0 Å². The summed E-state index contributed by atoms with van der Waals surface area (Å²) in [6.45, 7) is 6.09. The topological polar surface area (TPSA) is 55.8 Å². The summed E-state index contributed by atoms with van der Waals surface area (Å²) < 4.78 is 32.4. The molecular weight excluding hydrogens is 362 g/mol. The van der Waals surface area contributed by atoms with Gasteiger partial charge in [0.15, 0.2) is 0 Å². The lowest BCUT2D eigenvalue weighted by Gasteiger charge is -2.16. The van der Waals surface area contributed by atoms with Crippen LogP contribution in [0.1, 0.15) is 47.1 Å². The number of aryl methyl sites for hydroxylation is 1. The molecule has 146 valence electrons. The Morgan fingerprint density at radius 3 is 2.68 bits per heavy atom. The number of benzene rings is 2. The Balaban J connectivity index is 1.94. The number of hydrogen-bond donors (Lipinski definition) is 1. The lowest BCUT2D eigenvalue weighted by atomic mass is 10.0. The largest absolute Gasteiger partial charge is 0.462 e. The maximum absolute atomic E-state index is 14.1. The van der Waals surface area contributed by atoms with E-state index in [-0.39, 0.29) is 12.6 Å². The highest BCUT2D eigenvalue weighted by Crippen LogP contribution is 2.23. The van der Waals surface area contributed by atoms with Gasteiger partial charge in [0.05, 0.1) is 17.7 Å². The number of fused-ring (bicyclic) bond motifs is 1. The van der Waals surface area contributed by atoms with Gasteiger partial charge in [-0.2, -0.15) is 0 Å². The lowest BCUT2D eigenvalue weighted by molar-refractivity contribution is -0.708. The predicted molar refractivity (Wildman–Crippen MR) is 103 cm³/mol. The zero-order valence-electron chi connectivity index (χ0n) is 16.1. The number of esters is 1. The molecule has 2 N–H and O–H groups in total. The van der Waals surface area contributed by atoms with Gasteiger partial charge in [-0.25, -0.2) is 18.6 Å². The number of nitrogens with zero attached hydrogens (tertiary/aromatic N) is 1. The van der Waals surface area contributed by atoms with E-state index in [1.807, 2.05) is 43.4 Å². The molecule has 3 rings (SSSR count). The molecule has 1 aromatic heterocycles. The van der Waals surface area contributed by atoms with Gasteiger partial charge < -0.3 is 10.1 Å². The Morgan fingerprint density at radius 1 is 1.21 bits per heavy atom. The summed E-state index contributed by atoms with van der Waals surface area (Å²) in [7, 11) is 0. The average Bonchev–Trinajstić information content (AvgIpc) is 2.66. The highest BCUT2D eigenvalue weighted by atomic mass is 19.1. The molecule has 6 heteroatoms. The predicted octanol–water partition coefficient (Wildman–Crippen LogP) is 3.82. The lowest BCUT2D eigenvalue weighted by Crippen LogP contribution is -2.83. The van der Waals surface area contributed by atoms with E-state index in [9.17, 15) is 13.6 Å². The molecule has 3 aromatic rings. The normalized spacial score (nSPS) is 12.2. The van der Waals surface area contributed by atoms with Gasteiger partial charge in [0.1, 0.15) is 29.9 Å². The van der Waals surface area contributed by atoms with Crippen molar-refractivity contribution in [2.45, 2.75) is 33.4 Å². The minimum atomic E-state index is -0.607. The average molecular weight is 385 g/mol. The first-order valence-corrected chi connectivity index (χ1v) is 9.26. The fraction of sp³-hybridized carbons (Fsp3) is 0.273. The number of ether oxygens (including phenoxy) is 1. The van der Waals surface area contributed by atoms with Crippen LogP contribution in [0.3, 0.4) is 0 Å². The molecule has 0 saturated carbocycles. The van der Waals surface area contributed by atoms with Crippen LogP contribution in [0.25, 0.3) is 10.9 Å². The summed E-state index contributed by atoms with van der Waals surface area (Å²) in [4.78, 5) is 17.2. The fourth-order valence-corrected chi connectivity index (χ4v) is 3.35. The summed E-state index contributed by atoms with van der Waals surface area (Å²) >= 11 is 0. The number of carbonyl (C=O) groups excluding carboxylic acids is 1. The van der Waals surface area contributed by atoms with Gasteiger partial charge in [-0.15, -0.1) is 0 Å². The highest BCUT2D eigenvalue weighted by molar-refractivity contribution is 5.98. The van der Waals surface area contributed by atoms with Gasteiger partial charge in [-0.3, -0.25) is 0 Å². The van der Waals surface area contributed by atoms with Crippen molar-refractivity contribution in [3.8, 4) is 0 Å². The van der Waals surface area contributed by atoms with Gasteiger partial charge in [-0.05, 0) is 44.5 Å². The second kappa shape index (κ2) is 8.44. The monoisotopic (exact) mass is 385 g/mol. The molecule has 0 amide bonds. The van der Waals surface area contributed by atoms with Crippen LogP contribution in [-0.2, 0) is 11.3 Å². The molecule has 28 heavy (non-hydrogen) atoms. The van der Waals surface area contributed by atoms with E-state index in [1.54, 1.807) is 6.92 Å². The third-order valence-electron chi connectivity index (χ3n) is 4.82. The molecule has 0 aliphatic carbocycles. The minimum absolute atomic E-state index is 0.269. The van der Waals surface area contributed by atoms with Crippen LogP contribution in [0.2, 0.25) is 0 Å². The molecule has 0 radical (unpaired) electrons. The van der Waals surface area contributed by atoms with Crippen LogP contribution < -0.4 is 5.32 Å². The van der Waals surface area contributed by atoms with Crippen molar-refractivity contribution < 1.29 is 23.6 Å². The highest BCUT2D eigenvalue weighted by Gasteiger charge is 2.22. The van der Waals surface area contributed by atoms with E-state index in [0.29, 0.717) is 23.4 Å². The summed E-state index contributed by atoms with van der Waals surface area (Å²) in [5.41, 5.74) is 3.04. The summed E-state index contributed by atoms with van der Waals surface area (Å²) in [5, 5.41) is 2.77. The first-order chi connectivity index (χ1) is 13.4. The van der Waals surface area contributed by atoms with E-state index < -0.39 is 17.6 Å². The zero-order valence-corrected chi connectivity index (χ0v) is 16.1. The number of quaternary nitrogens is 1. The van der Waals surface area contributed by atoms with Gasteiger partial charge in [0, 0.05) is 17.0 Å². The first-order valence-electron chi connectivity index (χ1n) is 9.26. The molecule has 0 saturated heterocycles.